The topological polar surface area (TPSA) is 75.1 Å². The van der Waals surface area contributed by atoms with Gasteiger partial charge in [-0.2, -0.15) is 0 Å². The summed E-state index contributed by atoms with van der Waals surface area (Å²) in [5.41, 5.74) is 35.4. The van der Waals surface area contributed by atoms with E-state index < -0.39 is 0 Å². The van der Waals surface area contributed by atoms with Crippen LogP contribution in [0.1, 0.15) is 160 Å². The Labute approximate surface area is 395 Å². The molecule has 0 spiro atoms. The van der Waals surface area contributed by atoms with Crippen LogP contribution in [0.15, 0.2) is 64.8 Å². The van der Waals surface area contributed by atoms with Gasteiger partial charge in [-0.25, -0.2) is 9.98 Å². The average molecular weight is 882 g/mol. The van der Waals surface area contributed by atoms with Crippen molar-refractivity contribution in [1.29, 1.82) is 0 Å². The first-order valence-electron chi connectivity index (χ1n) is 23.8. The third-order valence-corrected chi connectivity index (χ3v) is 16.8. The number of fused-ring (bicyclic) bond motifs is 2. The summed E-state index contributed by atoms with van der Waals surface area (Å²) in [6.07, 6.45) is 0. The van der Waals surface area contributed by atoms with E-state index in [0.717, 1.165) is 40.2 Å². The normalized spacial score (nSPS) is 17.6. The molecule has 0 atom stereocenters. The molecule has 0 saturated carbocycles. The monoisotopic (exact) mass is 882 g/mol. The molecule has 3 aliphatic heterocycles. The number of rotatable bonds is 5. The van der Waals surface area contributed by atoms with Crippen LogP contribution in [0.3, 0.4) is 0 Å². The van der Waals surface area contributed by atoms with Crippen molar-refractivity contribution >= 4 is 61.5 Å². The van der Waals surface area contributed by atoms with Crippen LogP contribution in [0.5, 0.6) is 0 Å². The molecule has 0 aliphatic carbocycles. The highest BCUT2D eigenvalue weighted by Crippen LogP contribution is 2.45. The number of amidine groups is 1. The van der Waals surface area contributed by atoms with Crippen molar-refractivity contribution < 1.29 is 0 Å². The number of hydrogen-bond donors (Lipinski definition) is 1. The maximum atomic E-state index is 5.17. The Kier molecular flexibility index (Phi) is 12.5. The molecular formula is C59H75N7. The quantitative estimate of drug-likeness (QED) is 0.183. The first-order valence-corrected chi connectivity index (χ1v) is 23.8. The van der Waals surface area contributed by atoms with E-state index in [2.05, 4.69) is 183 Å². The largest absolute Gasteiger partial charge is 0.343 e. The first-order chi connectivity index (χ1) is 30.8. The van der Waals surface area contributed by atoms with Crippen molar-refractivity contribution in [3.8, 4) is 0 Å². The lowest BCUT2D eigenvalue weighted by Gasteiger charge is -2.20. The molecule has 5 aromatic rings. The number of allylic oxidation sites excluding steroid dienone is 7. The number of aromatic nitrogens is 3. The zero-order chi connectivity index (χ0) is 49.0. The molecule has 3 aromatic heterocycles. The lowest BCUT2D eigenvalue weighted by molar-refractivity contribution is 0.582. The summed E-state index contributed by atoms with van der Waals surface area (Å²) in [6.45, 7) is 54.0. The highest BCUT2D eigenvalue weighted by Gasteiger charge is 2.30. The van der Waals surface area contributed by atoms with E-state index in [0.29, 0.717) is 6.67 Å². The summed E-state index contributed by atoms with van der Waals surface area (Å²) < 4.78 is 5.21. The van der Waals surface area contributed by atoms with Crippen molar-refractivity contribution in [2.75, 3.05) is 0 Å². The van der Waals surface area contributed by atoms with Crippen molar-refractivity contribution in [3.63, 3.8) is 0 Å². The smallest absolute Gasteiger partial charge is 0.157 e. The van der Waals surface area contributed by atoms with Crippen molar-refractivity contribution in [3.05, 3.63) is 129 Å². The number of nitrogens with one attached hydrogen (secondary N) is 1. The maximum Gasteiger partial charge on any atom is 0.157 e. The summed E-state index contributed by atoms with van der Waals surface area (Å²) >= 11 is 0. The molecule has 0 radical (unpaired) electrons. The van der Waals surface area contributed by atoms with Gasteiger partial charge in [-0.05, 0) is 266 Å². The number of aliphatic imine (C=N–C) groups is 4. The molecule has 6 heterocycles. The minimum Gasteiger partial charge on any atom is -0.343 e. The minimum atomic E-state index is 0.698. The van der Waals surface area contributed by atoms with Crippen LogP contribution >= 0.6 is 0 Å². The van der Waals surface area contributed by atoms with Crippen LogP contribution < -0.4 is 0 Å². The summed E-state index contributed by atoms with van der Waals surface area (Å²) in [5.74, 6) is 1.77. The molecule has 0 saturated heterocycles. The fourth-order valence-electron chi connectivity index (χ4n) is 10.7. The van der Waals surface area contributed by atoms with E-state index in [1.54, 1.807) is 0 Å². The van der Waals surface area contributed by atoms with Gasteiger partial charge in [-0.15, -0.1) is 0 Å². The van der Waals surface area contributed by atoms with Gasteiger partial charge in [-0.1, -0.05) is 0 Å². The van der Waals surface area contributed by atoms with E-state index in [1.165, 1.54) is 150 Å². The molecule has 8 rings (SSSR count). The Morgan fingerprint density at radius 2 is 0.742 bits per heavy atom. The van der Waals surface area contributed by atoms with Crippen LogP contribution in [0.2, 0.25) is 0 Å². The van der Waals surface area contributed by atoms with Gasteiger partial charge in [0.05, 0.1) is 29.5 Å². The molecule has 66 heavy (non-hydrogen) atoms. The number of aromatic amines is 1. The van der Waals surface area contributed by atoms with Gasteiger partial charge in [-0.3, -0.25) is 9.98 Å². The minimum absolute atomic E-state index is 0.698. The predicted molar refractivity (Wildman–Crippen MR) is 288 cm³/mol. The number of benzene rings is 2. The summed E-state index contributed by atoms with van der Waals surface area (Å²) in [6, 6.07) is 0. The standard InChI is InChI=1S/C45H56N4.C14H19N3/c1-20-22(3)28(9)40-38(26(20)7)36(17)48(44(40)32(13)42-30(11)24(5)34(15)46-42)19-49-37(18)39-27(8)21(2)23(4)29(10)41(39)45(49)33(14)43-31(12)25(6)35(16)47-43;1-7-9(3)13(15-11(7)5)17-14-10(4)8(2)12(6)16-14/h19H2,1-18H3;15H,1-6H3/b42-32-,43-33-;. The van der Waals surface area contributed by atoms with Crippen molar-refractivity contribution in [1.82, 2.24) is 14.1 Å². The summed E-state index contributed by atoms with van der Waals surface area (Å²) in [4.78, 5) is 22.8. The second-order valence-electron chi connectivity index (χ2n) is 19.9. The summed E-state index contributed by atoms with van der Waals surface area (Å²) in [7, 11) is 0. The van der Waals surface area contributed by atoms with Gasteiger partial charge >= 0.3 is 0 Å². The fourth-order valence-corrected chi connectivity index (χ4v) is 10.7. The molecule has 0 fully saturated rings. The molecule has 3 aliphatic rings. The van der Waals surface area contributed by atoms with Gasteiger partial charge in [0, 0.05) is 55.8 Å². The second kappa shape index (κ2) is 17.1. The molecule has 7 nitrogen and oxygen atoms in total. The fraction of sp³-hybridized carbons (Fsp3) is 0.424. The highest BCUT2D eigenvalue weighted by molar-refractivity contribution is 6.20. The van der Waals surface area contributed by atoms with Crippen molar-refractivity contribution in [2.45, 2.75) is 173 Å². The lowest BCUT2D eigenvalue weighted by atomic mass is 9.90. The van der Waals surface area contributed by atoms with Gasteiger partial charge in [0.15, 0.2) is 5.84 Å². The zero-order valence-electron chi connectivity index (χ0n) is 44.9. The first kappa shape index (κ1) is 48.1. The SMILES string of the molecule is CC1=N/C(=C(/C)c2c3c(C)c(C)c(C)c(C)c3c(C)n2Cn2c(C)c3c(C)c(C)c(C)c(C)c3c2/C(C)=C2\N=C(C)C(C)=C2C)C(C)=C1C.CC1=NC(=Nc2[nH]c(C)c(C)c2C)C(C)=C1C. The number of nitrogens with zero attached hydrogens (tertiary/aromatic N) is 6. The third kappa shape index (κ3) is 7.23. The Morgan fingerprint density at radius 3 is 1.05 bits per heavy atom. The Bertz CT molecular complexity index is 3140. The number of hydrogen-bond acceptors (Lipinski definition) is 3. The highest BCUT2D eigenvalue weighted by atomic mass is 15.2. The van der Waals surface area contributed by atoms with Gasteiger partial charge in [0.2, 0.25) is 0 Å². The van der Waals surface area contributed by atoms with E-state index >= 15 is 0 Å². The predicted octanol–water partition coefficient (Wildman–Crippen LogP) is 16.1. The maximum absolute atomic E-state index is 5.17. The zero-order valence-corrected chi connectivity index (χ0v) is 44.9. The van der Waals surface area contributed by atoms with Crippen LogP contribution in [0.25, 0.3) is 32.7 Å². The number of aryl methyl sites for hydroxylation is 7. The second-order valence-corrected chi connectivity index (χ2v) is 19.9. The number of H-pyrrole nitrogens is 1. The molecule has 346 valence electrons. The molecule has 0 bridgehead atoms. The summed E-state index contributed by atoms with van der Waals surface area (Å²) in [5, 5.41) is 5.48. The van der Waals surface area contributed by atoms with Gasteiger partial charge < -0.3 is 14.1 Å². The molecular weight excluding hydrogens is 807 g/mol. The van der Waals surface area contributed by atoms with Crippen LogP contribution in [0, 0.1) is 90.0 Å². The van der Waals surface area contributed by atoms with Gasteiger partial charge in [0.1, 0.15) is 5.82 Å². The average Bonchev–Trinajstić information content (AvgIpc) is 4.04. The molecule has 0 unspecified atom stereocenters. The molecule has 2 aromatic carbocycles. The van der Waals surface area contributed by atoms with Crippen LogP contribution in [-0.4, -0.2) is 37.1 Å². The van der Waals surface area contributed by atoms with Crippen LogP contribution in [0.4, 0.5) is 5.82 Å². The van der Waals surface area contributed by atoms with Gasteiger partial charge in [0.25, 0.3) is 0 Å². The van der Waals surface area contributed by atoms with E-state index in [-0.39, 0.29) is 0 Å². The van der Waals surface area contributed by atoms with E-state index in [1.807, 2.05) is 6.92 Å². The Morgan fingerprint density at radius 1 is 0.394 bits per heavy atom. The molecule has 0 amide bonds. The van der Waals surface area contributed by atoms with E-state index in [9.17, 15) is 0 Å². The molecule has 1 N–H and O–H groups in total. The Hall–Kier alpha value is -5.82. The van der Waals surface area contributed by atoms with E-state index in [4.69, 9.17) is 9.98 Å². The van der Waals surface area contributed by atoms with Crippen molar-refractivity contribution in [2.24, 2.45) is 20.0 Å². The van der Waals surface area contributed by atoms with Crippen LogP contribution in [-0.2, 0) is 6.67 Å². The third-order valence-electron chi connectivity index (χ3n) is 16.8. The Balaban J connectivity index is 0.000000319. The lowest BCUT2D eigenvalue weighted by Crippen LogP contribution is -2.15. The molecule has 7 heteroatoms.